The molecule has 0 radical (unpaired) electrons. The monoisotopic (exact) mass is 268 g/mol. The molecule has 3 nitrogen and oxygen atoms in total. The molecule has 100 valence electrons. The molecule has 0 unspecified atom stereocenters. The first-order valence-corrected chi connectivity index (χ1v) is 7.13. The van der Waals surface area contributed by atoms with Crippen LogP contribution in [0.1, 0.15) is 37.8 Å². The van der Waals surface area contributed by atoms with Crippen molar-refractivity contribution >= 4 is 11.6 Å². The Morgan fingerprint density at radius 2 is 2.11 bits per heavy atom. The number of nitrogens with zero attached hydrogens (tertiary/aromatic N) is 2. The molecule has 0 spiro atoms. The van der Waals surface area contributed by atoms with Crippen molar-refractivity contribution in [1.29, 1.82) is 0 Å². The average molecular weight is 269 g/mol. The summed E-state index contributed by atoms with van der Waals surface area (Å²) >= 11 is 5.98. The van der Waals surface area contributed by atoms with Gasteiger partial charge in [0.1, 0.15) is 0 Å². The van der Waals surface area contributed by atoms with Crippen LogP contribution in [0.4, 0.5) is 0 Å². The third-order valence-electron chi connectivity index (χ3n) is 3.62. The van der Waals surface area contributed by atoms with Gasteiger partial charge in [0.15, 0.2) is 0 Å². The summed E-state index contributed by atoms with van der Waals surface area (Å²) in [6.45, 7) is 1.71. The first kappa shape index (κ1) is 13.8. The zero-order valence-electron chi connectivity index (χ0n) is 10.7. The van der Waals surface area contributed by atoms with Crippen molar-refractivity contribution in [1.82, 2.24) is 9.88 Å². The van der Waals surface area contributed by atoms with E-state index in [9.17, 15) is 5.11 Å². The van der Waals surface area contributed by atoms with E-state index >= 15 is 0 Å². The summed E-state index contributed by atoms with van der Waals surface area (Å²) in [7, 11) is 0. The minimum absolute atomic E-state index is 0.205. The van der Waals surface area contributed by atoms with E-state index in [2.05, 4.69) is 9.88 Å². The van der Waals surface area contributed by atoms with Crippen LogP contribution in [0.5, 0.6) is 0 Å². The summed E-state index contributed by atoms with van der Waals surface area (Å²) in [5.74, 6) is 0. The Hall–Kier alpha value is -0.640. The third-order valence-corrected chi connectivity index (χ3v) is 3.86. The lowest BCUT2D eigenvalue weighted by Crippen LogP contribution is -2.38. The SMILES string of the molecule is OCCN(Cc1cc(Cl)ccn1)C1CCCCC1. The normalized spacial score (nSPS) is 17.3. The molecule has 0 amide bonds. The second-order valence-corrected chi connectivity index (χ2v) is 5.39. The minimum atomic E-state index is 0.205. The lowest BCUT2D eigenvalue weighted by molar-refractivity contribution is 0.116. The van der Waals surface area contributed by atoms with Gasteiger partial charge in [0.25, 0.3) is 0 Å². The van der Waals surface area contributed by atoms with Crippen molar-refractivity contribution in [2.24, 2.45) is 0 Å². The van der Waals surface area contributed by atoms with Crippen LogP contribution in [0.3, 0.4) is 0 Å². The van der Waals surface area contributed by atoms with E-state index in [0.717, 1.165) is 23.8 Å². The lowest BCUT2D eigenvalue weighted by Gasteiger charge is -2.33. The van der Waals surface area contributed by atoms with Gasteiger partial charge in [-0.1, -0.05) is 30.9 Å². The van der Waals surface area contributed by atoms with E-state index < -0.39 is 0 Å². The van der Waals surface area contributed by atoms with Gasteiger partial charge in [0, 0.05) is 30.4 Å². The van der Waals surface area contributed by atoms with Crippen LogP contribution in [-0.2, 0) is 6.54 Å². The quantitative estimate of drug-likeness (QED) is 0.892. The molecule has 0 aromatic carbocycles. The van der Waals surface area contributed by atoms with Gasteiger partial charge in [-0.05, 0) is 25.0 Å². The first-order chi connectivity index (χ1) is 8.79. The lowest BCUT2D eigenvalue weighted by atomic mass is 9.94. The maximum atomic E-state index is 9.21. The first-order valence-electron chi connectivity index (χ1n) is 6.75. The summed E-state index contributed by atoms with van der Waals surface area (Å²) in [6.07, 6.45) is 8.17. The number of aliphatic hydroxyl groups is 1. The summed E-state index contributed by atoms with van der Waals surface area (Å²) in [6, 6.07) is 4.29. The minimum Gasteiger partial charge on any atom is -0.395 e. The van der Waals surface area contributed by atoms with Gasteiger partial charge in [0.2, 0.25) is 0 Å². The maximum absolute atomic E-state index is 9.21. The molecule has 0 bridgehead atoms. The van der Waals surface area contributed by atoms with Gasteiger partial charge in [-0.25, -0.2) is 0 Å². The van der Waals surface area contributed by atoms with Crippen molar-refractivity contribution in [3.05, 3.63) is 29.0 Å². The highest BCUT2D eigenvalue weighted by Gasteiger charge is 2.21. The van der Waals surface area contributed by atoms with E-state index in [0.29, 0.717) is 6.04 Å². The Morgan fingerprint density at radius 3 is 2.78 bits per heavy atom. The van der Waals surface area contributed by atoms with Crippen molar-refractivity contribution in [2.75, 3.05) is 13.2 Å². The number of hydrogen-bond acceptors (Lipinski definition) is 3. The van der Waals surface area contributed by atoms with E-state index in [4.69, 9.17) is 11.6 Å². The predicted molar refractivity (Wildman–Crippen MR) is 73.6 cm³/mol. The highest BCUT2D eigenvalue weighted by Crippen LogP contribution is 2.23. The van der Waals surface area contributed by atoms with Crippen LogP contribution in [0.15, 0.2) is 18.3 Å². The molecule has 0 aliphatic heterocycles. The number of hydrogen-bond donors (Lipinski definition) is 1. The Bertz CT molecular complexity index is 367. The van der Waals surface area contributed by atoms with E-state index in [1.165, 1.54) is 32.1 Å². The molecule has 1 aliphatic rings. The Kier molecular flexibility index (Phi) is 5.42. The molecule has 18 heavy (non-hydrogen) atoms. The predicted octanol–water partition coefficient (Wildman–Crippen LogP) is 2.86. The smallest absolute Gasteiger partial charge is 0.0558 e. The molecule has 1 N–H and O–H groups in total. The van der Waals surface area contributed by atoms with Crippen LogP contribution in [-0.4, -0.2) is 34.2 Å². The molecule has 1 aromatic rings. The Balaban J connectivity index is 2.00. The van der Waals surface area contributed by atoms with Crippen LogP contribution in [0.2, 0.25) is 5.02 Å². The second-order valence-electron chi connectivity index (χ2n) is 4.95. The Labute approximate surface area is 114 Å². The molecule has 1 heterocycles. The molecular formula is C14H21ClN2O. The average Bonchev–Trinajstić information content (AvgIpc) is 2.39. The number of halogens is 1. The van der Waals surface area contributed by atoms with Crippen molar-refractivity contribution < 1.29 is 5.11 Å². The summed E-state index contributed by atoms with van der Waals surface area (Å²) in [5.41, 5.74) is 0.988. The van der Waals surface area contributed by atoms with Gasteiger partial charge in [0.05, 0.1) is 12.3 Å². The van der Waals surface area contributed by atoms with Gasteiger partial charge < -0.3 is 5.11 Å². The molecular weight excluding hydrogens is 248 g/mol. The number of pyridine rings is 1. The molecule has 2 rings (SSSR count). The number of aliphatic hydroxyl groups excluding tert-OH is 1. The zero-order chi connectivity index (χ0) is 12.8. The van der Waals surface area contributed by atoms with Crippen molar-refractivity contribution in [3.63, 3.8) is 0 Å². The second kappa shape index (κ2) is 7.07. The van der Waals surface area contributed by atoms with Gasteiger partial charge in [-0.2, -0.15) is 0 Å². The third kappa shape index (κ3) is 3.94. The van der Waals surface area contributed by atoms with Crippen molar-refractivity contribution in [3.8, 4) is 0 Å². The maximum Gasteiger partial charge on any atom is 0.0558 e. The van der Waals surface area contributed by atoms with Crippen LogP contribution >= 0.6 is 11.6 Å². The highest BCUT2D eigenvalue weighted by atomic mass is 35.5. The Morgan fingerprint density at radius 1 is 1.33 bits per heavy atom. The molecule has 4 heteroatoms. The summed E-state index contributed by atoms with van der Waals surface area (Å²) in [5, 5.41) is 9.94. The van der Waals surface area contributed by atoms with E-state index in [1.807, 2.05) is 6.07 Å². The fourth-order valence-corrected chi connectivity index (χ4v) is 2.89. The number of rotatable bonds is 5. The molecule has 1 aliphatic carbocycles. The van der Waals surface area contributed by atoms with Gasteiger partial charge >= 0.3 is 0 Å². The van der Waals surface area contributed by atoms with Crippen LogP contribution in [0.25, 0.3) is 0 Å². The van der Waals surface area contributed by atoms with E-state index in [1.54, 1.807) is 12.3 Å². The van der Waals surface area contributed by atoms with E-state index in [-0.39, 0.29) is 6.61 Å². The number of aromatic nitrogens is 1. The van der Waals surface area contributed by atoms with Gasteiger partial charge in [-0.3, -0.25) is 9.88 Å². The molecule has 0 saturated heterocycles. The largest absolute Gasteiger partial charge is 0.395 e. The standard InChI is InChI=1S/C14H21ClN2O/c15-12-6-7-16-13(10-12)11-17(8-9-18)14-4-2-1-3-5-14/h6-7,10,14,18H,1-5,8-9,11H2. The summed E-state index contributed by atoms with van der Waals surface area (Å²) < 4.78 is 0. The molecule has 1 saturated carbocycles. The zero-order valence-corrected chi connectivity index (χ0v) is 11.4. The fourth-order valence-electron chi connectivity index (χ4n) is 2.71. The molecule has 1 fully saturated rings. The molecule has 0 atom stereocenters. The van der Waals surface area contributed by atoms with Crippen molar-refractivity contribution in [2.45, 2.75) is 44.7 Å². The topological polar surface area (TPSA) is 36.4 Å². The summed E-state index contributed by atoms with van der Waals surface area (Å²) in [4.78, 5) is 6.69. The fraction of sp³-hybridized carbons (Fsp3) is 0.643. The van der Waals surface area contributed by atoms with Gasteiger partial charge in [-0.15, -0.1) is 0 Å². The van der Waals surface area contributed by atoms with Crippen LogP contribution < -0.4 is 0 Å². The van der Waals surface area contributed by atoms with Crippen LogP contribution in [0, 0.1) is 0 Å². The molecule has 1 aromatic heterocycles. The highest BCUT2D eigenvalue weighted by molar-refractivity contribution is 6.30.